The monoisotopic (exact) mass is 235 g/mol. The fraction of sp³-hybridized carbons (Fsp3) is 0.462. The molecule has 17 heavy (non-hydrogen) atoms. The molecule has 1 aromatic carbocycles. The van der Waals surface area contributed by atoms with Crippen LogP contribution in [0, 0.1) is 22.6 Å². The highest BCUT2D eigenvalue weighted by molar-refractivity contribution is 5.59. The van der Waals surface area contributed by atoms with Crippen LogP contribution in [0.3, 0.4) is 0 Å². The molecule has 0 bridgehead atoms. The first-order chi connectivity index (χ1) is 7.89. The topological polar surface area (TPSA) is 53.0 Å². The van der Waals surface area contributed by atoms with Crippen molar-refractivity contribution in [3.63, 3.8) is 0 Å². The number of benzene rings is 1. The molecule has 2 N–H and O–H groups in total. The van der Waals surface area contributed by atoms with E-state index in [1.54, 1.807) is 6.07 Å². The van der Waals surface area contributed by atoms with Crippen LogP contribution in [0.25, 0.3) is 0 Å². The summed E-state index contributed by atoms with van der Waals surface area (Å²) in [4.78, 5) is 1.94. The van der Waals surface area contributed by atoms with E-state index in [-0.39, 0.29) is 5.41 Å². The summed E-state index contributed by atoms with van der Waals surface area (Å²) in [5, 5.41) is 8.98. The minimum atomic E-state index is -0.392. The normalized spacial score (nSPS) is 11.1. The lowest BCUT2D eigenvalue weighted by Crippen LogP contribution is -2.37. The molecule has 0 aromatic heterocycles. The smallest absolute Gasteiger partial charge is 0.124 e. The predicted molar refractivity (Wildman–Crippen MR) is 67.2 cm³/mol. The van der Waals surface area contributed by atoms with Gasteiger partial charge in [0.25, 0.3) is 0 Å². The number of hydrogen-bond donors (Lipinski definition) is 1. The van der Waals surface area contributed by atoms with E-state index in [2.05, 4.69) is 13.8 Å². The third-order valence-corrected chi connectivity index (χ3v) is 2.71. The lowest BCUT2D eigenvalue weighted by atomic mass is 9.93. The second-order valence-corrected chi connectivity index (χ2v) is 5.00. The Labute approximate surface area is 102 Å². The number of nitrogens with two attached hydrogens (primary N) is 1. The Hall–Kier alpha value is -1.60. The van der Waals surface area contributed by atoms with E-state index in [4.69, 9.17) is 11.0 Å². The zero-order valence-electron chi connectivity index (χ0n) is 10.5. The number of anilines is 1. The SMILES string of the molecule is CN(CC(C)(C)CN)c1ccc(F)cc1C#N. The summed E-state index contributed by atoms with van der Waals surface area (Å²) >= 11 is 0. The Bertz CT molecular complexity index is 435. The van der Waals surface area contributed by atoms with Gasteiger partial charge in [0.1, 0.15) is 11.9 Å². The molecule has 1 rings (SSSR count). The molecule has 0 atom stereocenters. The maximum absolute atomic E-state index is 13.0. The molecule has 4 heteroatoms. The van der Waals surface area contributed by atoms with E-state index in [0.717, 1.165) is 5.69 Å². The van der Waals surface area contributed by atoms with Crippen molar-refractivity contribution < 1.29 is 4.39 Å². The van der Waals surface area contributed by atoms with Crippen molar-refractivity contribution in [2.75, 3.05) is 25.0 Å². The molecule has 0 aliphatic rings. The van der Waals surface area contributed by atoms with Gasteiger partial charge in [-0.2, -0.15) is 5.26 Å². The van der Waals surface area contributed by atoms with Crippen molar-refractivity contribution in [2.45, 2.75) is 13.8 Å². The summed E-state index contributed by atoms with van der Waals surface area (Å²) in [6.45, 7) is 5.38. The molecule has 0 aliphatic heterocycles. The maximum Gasteiger partial charge on any atom is 0.124 e. The molecular weight excluding hydrogens is 217 g/mol. The summed E-state index contributed by atoms with van der Waals surface area (Å²) in [6, 6.07) is 6.25. The molecule has 0 fully saturated rings. The zero-order valence-corrected chi connectivity index (χ0v) is 10.5. The largest absolute Gasteiger partial charge is 0.373 e. The first-order valence-electron chi connectivity index (χ1n) is 5.50. The molecule has 0 unspecified atom stereocenters. The number of hydrogen-bond acceptors (Lipinski definition) is 3. The van der Waals surface area contributed by atoms with Gasteiger partial charge in [0.2, 0.25) is 0 Å². The van der Waals surface area contributed by atoms with Crippen LogP contribution < -0.4 is 10.6 Å². The van der Waals surface area contributed by atoms with Crippen molar-refractivity contribution in [3.8, 4) is 6.07 Å². The Morgan fingerprint density at radius 1 is 1.47 bits per heavy atom. The zero-order chi connectivity index (χ0) is 13.1. The van der Waals surface area contributed by atoms with Crippen molar-refractivity contribution in [1.29, 1.82) is 5.26 Å². The summed E-state index contributed by atoms with van der Waals surface area (Å²) in [5.74, 6) is -0.392. The number of halogens is 1. The van der Waals surface area contributed by atoms with E-state index < -0.39 is 5.82 Å². The van der Waals surface area contributed by atoms with Crippen molar-refractivity contribution >= 4 is 5.69 Å². The van der Waals surface area contributed by atoms with E-state index >= 15 is 0 Å². The first-order valence-corrected chi connectivity index (χ1v) is 5.50. The van der Waals surface area contributed by atoms with Gasteiger partial charge in [0.05, 0.1) is 11.3 Å². The van der Waals surface area contributed by atoms with E-state index in [0.29, 0.717) is 18.7 Å². The van der Waals surface area contributed by atoms with Crippen molar-refractivity contribution in [1.82, 2.24) is 0 Å². The molecular formula is C13H18FN3. The summed E-state index contributed by atoms with van der Waals surface area (Å²) in [7, 11) is 1.88. The van der Waals surface area contributed by atoms with Crippen LogP contribution in [0.1, 0.15) is 19.4 Å². The summed E-state index contributed by atoms with van der Waals surface area (Å²) in [6.07, 6.45) is 0. The molecule has 0 radical (unpaired) electrons. The van der Waals surface area contributed by atoms with Crippen LogP contribution >= 0.6 is 0 Å². The maximum atomic E-state index is 13.0. The second-order valence-electron chi connectivity index (χ2n) is 5.00. The average molecular weight is 235 g/mol. The number of rotatable bonds is 4. The van der Waals surface area contributed by atoms with Gasteiger partial charge < -0.3 is 10.6 Å². The number of nitrogens with zero attached hydrogens (tertiary/aromatic N) is 2. The van der Waals surface area contributed by atoms with Gasteiger partial charge in [-0.05, 0) is 30.2 Å². The van der Waals surface area contributed by atoms with Crippen LogP contribution in [0.15, 0.2) is 18.2 Å². The highest BCUT2D eigenvalue weighted by atomic mass is 19.1. The molecule has 0 heterocycles. The Morgan fingerprint density at radius 2 is 2.12 bits per heavy atom. The summed E-state index contributed by atoms with van der Waals surface area (Å²) < 4.78 is 13.0. The van der Waals surface area contributed by atoms with Crippen LogP contribution in [-0.4, -0.2) is 20.1 Å². The Morgan fingerprint density at radius 3 is 2.65 bits per heavy atom. The van der Waals surface area contributed by atoms with Gasteiger partial charge in [0, 0.05) is 13.6 Å². The van der Waals surface area contributed by atoms with Gasteiger partial charge >= 0.3 is 0 Å². The second kappa shape index (κ2) is 5.15. The van der Waals surface area contributed by atoms with Crippen LogP contribution in [0.4, 0.5) is 10.1 Å². The lowest BCUT2D eigenvalue weighted by molar-refractivity contribution is 0.385. The molecule has 3 nitrogen and oxygen atoms in total. The number of nitriles is 1. The molecule has 0 spiro atoms. The van der Waals surface area contributed by atoms with Gasteiger partial charge in [-0.15, -0.1) is 0 Å². The average Bonchev–Trinajstić information content (AvgIpc) is 2.28. The standard InChI is InChI=1S/C13H18FN3/c1-13(2,8-16)9-17(3)12-5-4-11(14)6-10(12)7-15/h4-6H,8-9,16H2,1-3H3. The van der Waals surface area contributed by atoms with Gasteiger partial charge in [-0.25, -0.2) is 4.39 Å². The molecule has 0 aliphatic carbocycles. The molecule has 1 aromatic rings. The molecule has 92 valence electrons. The van der Waals surface area contributed by atoms with Gasteiger partial charge in [-0.1, -0.05) is 13.8 Å². The fourth-order valence-corrected chi connectivity index (χ4v) is 1.72. The van der Waals surface area contributed by atoms with Crippen LogP contribution in [-0.2, 0) is 0 Å². The van der Waals surface area contributed by atoms with Crippen LogP contribution in [0.2, 0.25) is 0 Å². The quantitative estimate of drug-likeness (QED) is 0.869. The Balaban J connectivity index is 2.97. The van der Waals surface area contributed by atoms with Gasteiger partial charge in [-0.3, -0.25) is 0 Å². The van der Waals surface area contributed by atoms with E-state index in [9.17, 15) is 4.39 Å². The van der Waals surface area contributed by atoms with E-state index in [1.807, 2.05) is 18.0 Å². The van der Waals surface area contributed by atoms with Crippen molar-refractivity contribution in [2.24, 2.45) is 11.1 Å². The van der Waals surface area contributed by atoms with Crippen molar-refractivity contribution in [3.05, 3.63) is 29.6 Å². The summed E-state index contributed by atoms with van der Waals surface area (Å²) in [5.41, 5.74) is 6.71. The fourth-order valence-electron chi connectivity index (χ4n) is 1.72. The minimum absolute atomic E-state index is 0.0458. The first kappa shape index (κ1) is 13.5. The van der Waals surface area contributed by atoms with Crippen LogP contribution in [0.5, 0.6) is 0 Å². The third kappa shape index (κ3) is 3.43. The highest BCUT2D eigenvalue weighted by Crippen LogP contribution is 2.23. The third-order valence-electron chi connectivity index (χ3n) is 2.71. The molecule has 0 amide bonds. The highest BCUT2D eigenvalue weighted by Gasteiger charge is 2.19. The predicted octanol–water partition coefficient (Wildman–Crippen LogP) is 2.12. The van der Waals surface area contributed by atoms with Gasteiger partial charge in [0.15, 0.2) is 0 Å². The lowest BCUT2D eigenvalue weighted by Gasteiger charge is -2.30. The Kier molecular flexibility index (Phi) is 4.08. The minimum Gasteiger partial charge on any atom is -0.373 e. The molecule has 0 saturated carbocycles. The molecule has 0 saturated heterocycles. The van der Waals surface area contributed by atoms with E-state index in [1.165, 1.54) is 12.1 Å².